The van der Waals surface area contributed by atoms with E-state index in [9.17, 15) is 13.2 Å². The maximum absolute atomic E-state index is 11.5. The molecule has 2 aromatic heterocycles. The number of methoxy groups -OCH3 is 1. The van der Waals surface area contributed by atoms with Crippen molar-refractivity contribution in [1.29, 1.82) is 0 Å². The van der Waals surface area contributed by atoms with Crippen LogP contribution in [0.15, 0.2) is 28.7 Å². The predicted molar refractivity (Wildman–Crippen MR) is 70.1 cm³/mol. The molecule has 0 bridgehead atoms. The van der Waals surface area contributed by atoms with Gasteiger partial charge in [-0.05, 0) is 11.4 Å². The number of thiophene rings is 1. The molecule has 102 valence electrons. The molecule has 0 saturated heterocycles. The van der Waals surface area contributed by atoms with Crippen molar-refractivity contribution in [3.8, 4) is 0 Å². The van der Waals surface area contributed by atoms with Crippen molar-refractivity contribution in [3.63, 3.8) is 0 Å². The number of rotatable bonds is 4. The number of aromatic nitrogens is 2. The largest absolute Gasteiger partial charge is 0.465 e. The lowest BCUT2D eigenvalue weighted by Crippen LogP contribution is -2.06. The summed E-state index contributed by atoms with van der Waals surface area (Å²) in [5.74, 6) is -0.410. The summed E-state index contributed by atoms with van der Waals surface area (Å²) in [5, 5.41) is 5.76. The molecule has 0 unspecified atom stereocenters. The maximum atomic E-state index is 11.5. The van der Waals surface area contributed by atoms with Gasteiger partial charge >= 0.3 is 5.97 Å². The Hall–Kier alpha value is -1.67. The van der Waals surface area contributed by atoms with Gasteiger partial charge in [0.15, 0.2) is 9.84 Å². The molecule has 0 saturated carbocycles. The average Bonchev–Trinajstić information content (AvgIpc) is 2.97. The molecule has 0 fully saturated rings. The van der Waals surface area contributed by atoms with Crippen molar-refractivity contribution in [2.24, 2.45) is 0 Å². The second-order valence-electron chi connectivity index (χ2n) is 3.89. The van der Waals surface area contributed by atoms with Gasteiger partial charge in [-0.25, -0.2) is 13.2 Å². The van der Waals surface area contributed by atoms with Gasteiger partial charge in [0.05, 0.1) is 25.4 Å². The monoisotopic (exact) mass is 300 g/mol. The number of hydrogen-bond acceptors (Lipinski definition) is 6. The number of nitrogens with zero attached hydrogens (tertiary/aromatic N) is 2. The first-order valence-corrected chi connectivity index (χ1v) is 8.06. The van der Waals surface area contributed by atoms with E-state index in [-0.39, 0.29) is 4.90 Å². The summed E-state index contributed by atoms with van der Waals surface area (Å²) in [5.41, 5.74) is 0.476. The van der Waals surface area contributed by atoms with Gasteiger partial charge in [0, 0.05) is 17.3 Å². The minimum absolute atomic E-state index is 0.156. The number of carbonyl (C=O) groups excluding carboxylic acids is 1. The molecular weight excluding hydrogens is 288 g/mol. The van der Waals surface area contributed by atoms with E-state index in [0.29, 0.717) is 12.1 Å². The first-order chi connectivity index (χ1) is 8.91. The van der Waals surface area contributed by atoms with E-state index in [1.807, 2.05) is 0 Å². The zero-order chi connectivity index (χ0) is 14.0. The Morgan fingerprint density at radius 3 is 2.84 bits per heavy atom. The third-order valence-electron chi connectivity index (χ3n) is 2.49. The van der Waals surface area contributed by atoms with Crippen molar-refractivity contribution in [3.05, 3.63) is 34.3 Å². The summed E-state index contributed by atoms with van der Waals surface area (Å²) in [7, 11) is -1.94. The van der Waals surface area contributed by atoms with Gasteiger partial charge < -0.3 is 4.74 Å². The topological polar surface area (TPSA) is 78.3 Å². The Labute approximate surface area is 114 Å². The number of carbonyl (C=O) groups is 1. The summed E-state index contributed by atoms with van der Waals surface area (Å²) >= 11 is 1.39. The molecule has 19 heavy (non-hydrogen) atoms. The van der Waals surface area contributed by atoms with Crippen LogP contribution in [-0.2, 0) is 21.1 Å². The molecule has 0 atom stereocenters. The molecule has 2 aromatic rings. The Morgan fingerprint density at radius 1 is 1.53 bits per heavy atom. The van der Waals surface area contributed by atoms with Crippen LogP contribution >= 0.6 is 11.3 Å². The van der Waals surface area contributed by atoms with Gasteiger partial charge in [-0.3, -0.25) is 4.68 Å². The third kappa shape index (κ3) is 3.02. The standard InChI is InChI=1S/C11H12N2O4S2/c1-17-11(14)9-3-4-18-10(9)7-13-6-8(5-12-13)19(2,15)16/h3-6H,7H2,1-2H3. The molecule has 0 aliphatic heterocycles. The van der Waals surface area contributed by atoms with Crippen LogP contribution in [0, 0.1) is 0 Å². The second-order valence-corrected chi connectivity index (χ2v) is 6.91. The summed E-state index contributed by atoms with van der Waals surface area (Å²) in [6.45, 7) is 0.331. The molecule has 2 rings (SSSR count). The van der Waals surface area contributed by atoms with Crippen LogP contribution < -0.4 is 0 Å². The average molecular weight is 300 g/mol. The molecular formula is C11H12N2O4S2. The van der Waals surface area contributed by atoms with Crippen LogP contribution in [0.1, 0.15) is 15.2 Å². The lowest BCUT2D eigenvalue weighted by atomic mass is 10.2. The van der Waals surface area contributed by atoms with Gasteiger partial charge in [-0.2, -0.15) is 5.10 Å². The van der Waals surface area contributed by atoms with E-state index in [0.717, 1.165) is 11.1 Å². The van der Waals surface area contributed by atoms with Gasteiger partial charge in [-0.15, -0.1) is 11.3 Å². The van der Waals surface area contributed by atoms with Crippen molar-refractivity contribution in [2.45, 2.75) is 11.4 Å². The van der Waals surface area contributed by atoms with Crippen molar-refractivity contribution >= 4 is 27.1 Å². The fraction of sp³-hybridized carbons (Fsp3) is 0.273. The molecule has 0 aromatic carbocycles. The quantitative estimate of drug-likeness (QED) is 0.792. The lowest BCUT2D eigenvalue weighted by molar-refractivity contribution is 0.0600. The second kappa shape index (κ2) is 5.14. The summed E-state index contributed by atoms with van der Waals surface area (Å²) < 4.78 is 28.8. The smallest absolute Gasteiger partial charge is 0.339 e. The van der Waals surface area contributed by atoms with E-state index < -0.39 is 15.8 Å². The Bertz CT molecular complexity index is 700. The number of esters is 1. The van der Waals surface area contributed by atoms with Gasteiger partial charge in [0.2, 0.25) is 0 Å². The lowest BCUT2D eigenvalue weighted by Gasteiger charge is -2.02. The third-order valence-corrected chi connectivity index (χ3v) is 4.47. The first-order valence-electron chi connectivity index (χ1n) is 5.29. The van der Waals surface area contributed by atoms with E-state index in [2.05, 4.69) is 9.84 Å². The van der Waals surface area contributed by atoms with Gasteiger partial charge in [-0.1, -0.05) is 0 Å². The summed E-state index contributed by atoms with van der Waals surface area (Å²) in [4.78, 5) is 12.4. The summed E-state index contributed by atoms with van der Waals surface area (Å²) in [6.07, 6.45) is 3.86. The fourth-order valence-electron chi connectivity index (χ4n) is 1.52. The predicted octanol–water partition coefficient (Wildman–Crippen LogP) is 1.18. The van der Waals surface area contributed by atoms with Crippen LogP contribution in [0.4, 0.5) is 0 Å². The van der Waals surface area contributed by atoms with E-state index >= 15 is 0 Å². The molecule has 2 heterocycles. The van der Waals surface area contributed by atoms with Crippen LogP contribution in [0.5, 0.6) is 0 Å². The molecule has 0 aliphatic rings. The van der Waals surface area contributed by atoms with E-state index in [1.54, 1.807) is 11.4 Å². The molecule has 0 aliphatic carbocycles. The normalized spacial score (nSPS) is 11.5. The zero-order valence-corrected chi connectivity index (χ0v) is 12.0. The van der Waals surface area contributed by atoms with Crippen molar-refractivity contribution in [1.82, 2.24) is 9.78 Å². The Morgan fingerprint density at radius 2 is 2.26 bits per heavy atom. The first kappa shape index (κ1) is 13.8. The maximum Gasteiger partial charge on any atom is 0.339 e. The number of hydrogen-bond donors (Lipinski definition) is 0. The minimum Gasteiger partial charge on any atom is -0.465 e. The highest BCUT2D eigenvalue weighted by Crippen LogP contribution is 2.19. The molecule has 0 amide bonds. The molecule has 8 heteroatoms. The Kier molecular flexibility index (Phi) is 3.72. The Balaban J connectivity index is 2.25. The van der Waals surface area contributed by atoms with Crippen LogP contribution in [0.2, 0.25) is 0 Å². The van der Waals surface area contributed by atoms with Crippen molar-refractivity contribution < 1.29 is 17.9 Å². The van der Waals surface area contributed by atoms with E-state index in [4.69, 9.17) is 0 Å². The minimum atomic E-state index is -3.26. The highest BCUT2D eigenvalue weighted by molar-refractivity contribution is 7.90. The SMILES string of the molecule is COC(=O)c1ccsc1Cn1cc(S(C)(=O)=O)cn1. The van der Waals surface area contributed by atoms with Gasteiger partial charge in [0.25, 0.3) is 0 Å². The van der Waals surface area contributed by atoms with Crippen LogP contribution in [-0.4, -0.2) is 37.5 Å². The number of sulfone groups is 1. The van der Waals surface area contributed by atoms with Crippen molar-refractivity contribution in [2.75, 3.05) is 13.4 Å². The number of ether oxygens (including phenoxy) is 1. The molecule has 0 radical (unpaired) electrons. The van der Waals surface area contributed by atoms with Crippen LogP contribution in [0.25, 0.3) is 0 Å². The molecule has 6 nitrogen and oxygen atoms in total. The zero-order valence-electron chi connectivity index (χ0n) is 10.4. The molecule has 0 spiro atoms. The fourth-order valence-corrected chi connectivity index (χ4v) is 2.93. The highest BCUT2D eigenvalue weighted by atomic mass is 32.2. The highest BCUT2D eigenvalue weighted by Gasteiger charge is 2.15. The van der Waals surface area contributed by atoms with Crippen LogP contribution in [0.3, 0.4) is 0 Å². The summed E-state index contributed by atoms with van der Waals surface area (Å²) in [6, 6.07) is 1.67. The molecule has 0 N–H and O–H groups in total. The van der Waals surface area contributed by atoms with E-state index in [1.165, 1.54) is 35.5 Å². The van der Waals surface area contributed by atoms with Gasteiger partial charge in [0.1, 0.15) is 4.90 Å².